The molecule has 0 bridgehead atoms. The maximum absolute atomic E-state index is 13.2. The van der Waals surface area contributed by atoms with E-state index in [1.807, 2.05) is 24.3 Å². The van der Waals surface area contributed by atoms with Crippen molar-refractivity contribution >= 4 is 21.8 Å². The molecule has 2 aromatic rings. The lowest BCUT2D eigenvalue weighted by Gasteiger charge is -2.37. The van der Waals surface area contributed by atoms with Gasteiger partial charge >= 0.3 is 0 Å². The lowest BCUT2D eigenvalue weighted by atomic mass is 9.92. The first-order valence-electron chi connectivity index (χ1n) is 9.99. The van der Waals surface area contributed by atoms with Gasteiger partial charge in [0.25, 0.3) is 5.91 Å². The average Bonchev–Trinajstić information content (AvgIpc) is 3.27. The number of carbonyl (C=O) groups excluding carboxylic acids is 2. The molecule has 0 aliphatic carbocycles. The molecule has 1 fully saturated rings. The molecule has 1 aromatic carbocycles. The van der Waals surface area contributed by atoms with Gasteiger partial charge in [0.2, 0.25) is 15.9 Å². The highest BCUT2D eigenvalue weighted by atomic mass is 32.2. The first-order chi connectivity index (χ1) is 14.3. The molecule has 0 saturated carbocycles. The predicted octanol–water partition coefficient (Wildman–Crippen LogP) is 1.39. The summed E-state index contributed by atoms with van der Waals surface area (Å²) in [6.45, 7) is 1.10. The third-order valence-corrected chi connectivity index (χ3v) is 7.12. The number of fused-ring (bicyclic) bond motifs is 1. The van der Waals surface area contributed by atoms with E-state index >= 15 is 0 Å². The monoisotopic (exact) mass is 431 g/mol. The molecule has 1 atom stereocenters. The molecule has 3 heterocycles. The minimum Gasteiger partial charge on any atom is -0.459 e. The molecule has 1 saturated heterocycles. The summed E-state index contributed by atoms with van der Waals surface area (Å²) in [5.41, 5.74) is 2.07. The minimum absolute atomic E-state index is 0.117. The van der Waals surface area contributed by atoms with Gasteiger partial charge in [-0.15, -0.1) is 0 Å². The molecule has 0 radical (unpaired) electrons. The zero-order chi connectivity index (χ0) is 21.3. The van der Waals surface area contributed by atoms with Gasteiger partial charge in [-0.05, 0) is 36.1 Å². The van der Waals surface area contributed by atoms with Gasteiger partial charge in [-0.2, -0.15) is 0 Å². The first-order valence-corrected chi connectivity index (χ1v) is 11.8. The Morgan fingerprint density at radius 2 is 1.77 bits per heavy atom. The summed E-state index contributed by atoms with van der Waals surface area (Å²) in [4.78, 5) is 27.7. The van der Waals surface area contributed by atoms with Gasteiger partial charge in [-0.1, -0.05) is 24.3 Å². The van der Waals surface area contributed by atoms with Crippen LogP contribution in [0.4, 0.5) is 0 Å². The smallest absolute Gasteiger partial charge is 0.290 e. The summed E-state index contributed by atoms with van der Waals surface area (Å²) in [5.74, 6) is -0.336. The summed E-state index contributed by atoms with van der Waals surface area (Å²) in [6.07, 6.45) is 4.17. The average molecular weight is 432 g/mol. The van der Waals surface area contributed by atoms with Crippen LogP contribution >= 0.6 is 0 Å². The van der Waals surface area contributed by atoms with Crippen LogP contribution in [0.15, 0.2) is 47.1 Å². The molecule has 2 amide bonds. The Morgan fingerprint density at radius 3 is 2.40 bits per heavy atom. The molecule has 8 nitrogen and oxygen atoms in total. The number of nitrogens with one attached hydrogen (secondary N) is 1. The molecule has 2 aliphatic heterocycles. The van der Waals surface area contributed by atoms with Crippen molar-refractivity contribution in [1.29, 1.82) is 0 Å². The minimum atomic E-state index is -3.22. The summed E-state index contributed by atoms with van der Waals surface area (Å²) >= 11 is 0. The van der Waals surface area contributed by atoms with Gasteiger partial charge < -0.3 is 14.6 Å². The van der Waals surface area contributed by atoms with Crippen molar-refractivity contribution in [3.05, 3.63) is 59.5 Å². The maximum Gasteiger partial charge on any atom is 0.290 e. The fourth-order valence-corrected chi connectivity index (χ4v) is 5.02. The summed E-state index contributed by atoms with van der Waals surface area (Å²) in [6, 6.07) is 10.3. The summed E-state index contributed by atoms with van der Waals surface area (Å²) in [5, 5.41) is 3.04. The third kappa shape index (κ3) is 4.27. The Morgan fingerprint density at radius 1 is 1.07 bits per heavy atom. The second-order valence-electron chi connectivity index (χ2n) is 7.84. The van der Waals surface area contributed by atoms with E-state index in [1.165, 1.54) is 16.8 Å². The number of hydrogen-bond acceptors (Lipinski definition) is 5. The highest BCUT2D eigenvalue weighted by molar-refractivity contribution is 7.88. The van der Waals surface area contributed by atoms with Crippen LogP contribution in [0.1, 0.15) is 34.5 Å². The molecule has 160 valence electrons. The van der Waals surface area contributed by atoms with Gasteiger partial charge in [0.05, 0.1) is 12.5 Å². The Balaban J connectivity index is 1.50. The topological polar surface area (TPSA) is 99.9 Å². The second kappa shape index (κ2) is 8.23. The van der Waals surface area contributed by atoms with Crippen LogP contribution in [0.25, 0.3) is 0 Å². The number of rotatable bonds is 4. The van der Waals surface area contributed by atoms with E-state index < -0.39 is 16.1 Å². The SMILES string of the molecule is CS(=O)(=O)N1CCC(NC(=O)C2Cc3ccccc3CN2C(=O)c2ccco2)CC1. The van der Waals surface area contributed by atoms with E-state index in [9.17, 15) is 18.0 Å². The Bertz CT molecular complexity index is 1030. The van der Waals surface area contributed by atoms with E-state index in [4.69, 9.17) is 4.42 Å². The molecule has 4 rings (SSSR count). The zero-order valence-electron chi connectivity index (χ0n) is 16.8. The van der Waals surface area contributed by atoms with Crippen LogP contribution in [0.3, 0.4) is 0 Å². The molecule has 9 heteroatoms. The van der Waals surface area contributed by atoms with Crippen molar-refractivity contribution in [1.82, 2.24) is 14.5 Å². The predicted molar refractivity (Wildman–Crippen MR) is 110 cm³/mol. The van der Waals surface area contributed by atoms with Crippen molar-refractivity contribution in [2.45, 2.75) is 37.9 Å². The van der Waals surface area contributed by atoms with Crippen LogP contribution in [-0.2, 0) is 27.8 Å². The van der Waals surface area contributed by atoms with Gasteiger partial charge in [-0.3, -0.25) is 9.59 Å². The lowest BCUT2D eigenvalue weighted by molar-refractivity contribution is -0.127. The fourth-order valence-electron chi connectivity index (χ4n) is 4.14. The number of hydrogen-bond donors (Lipinski definition) is 1. The molecule has 1 N–H and O–H groups in total. The van der Waals surface area contributed by atoms with E-state index in [2.05, 4.69) is 5.32 Å². The highest BCUT2D eigenvalue weighted by Crippen LogP contribution is 2.26. The van der Waals surface area contributed by atoms with Gasteiger partial charge in [0.15, 0.2) is 5.76 Å². The number of amides is 2. The molecular weight excluding hydrogens is 406 g/mol. The highest BCUT2D eigenvalue weighted by Gasteiger charge is 2.37. The Kier molecular flexibility index (Phi) is 5.66. The van der Waals surface area contributed by atoms with E-state index in [-0.39, 0.29) is 23.6 Å². The molecule has 1 aromatic heterocycles. The van der Waals surface area contributed by atoms with Crippen molar-refractivity contribution in [2.24, 2.45) is 0 Å². The maximum atomic E-state index is 13.2. The summed E-state index contributed by atoms with van der Waals surface area (Å²) < 4.78 is 30.1. The normalized spacial score (nSPS) is 20.6. The molecule has 1 unspecified atom stereocenters. The Hall–Kier alpha value is -2.65. The number of sulfonamides is 1. The van der Waals surface area contributed by atoms with Crippen molar-refractivity contribution < 1.29 is 22.4 Å². The van der Waals surface area contributed by atoms with E-state index in [0.29, 0.717) is 38.9 Å². The number of carbonyl (C=O) groups is 2. The number of furan rings is 1. The van der Waals surface area contributed by atoms with Crippen LogP contribution in [0, 0.1) is 0 Å². The van der Waals surface area contributed by atoms with Crippen LogP contribution < -0.4 is 5.32 Å². The van der Waals surface area contributed by atoms with Crippen molar-refractivity contribution in [3.63, 3.8) is 0 Å². The van der Waals surface area contributed by atoms with Crippen molar-refractivity contribution in [2.75, 3.05) is 19.3 Å². The van der Waals surface area contributed by atoms with Crippen LogP contribution in [0.2, 0.25) is 0 Å². The van der Waals surface area contributed by atoms with Crippen LogP contribution in [-0.4, -0.2) is 60.9 Å². The van der Waals surface area contributed by atoms with E-state index in [1.54, 1.807) is 17.0 Å². The quantitative estimate of drug-likeness (QED) is 0.789. The van der Waals surface area contributed by atoms with E-state index in [0.717, 1.165) is 11.1 Å². The first kappa shape index (κ1) is 20.6. The third-order valence-electron chi connectivity index (χ3n) is 5.81. The Labute approximate surface area is 175 Å². The molecule has 30 heavy (non-hydrogen) atoms. The lowest BCUT2D eigenvalue weighted by Crippen LogP contribution is -2.55. The summed E-state index contributed by atoms with van der Waals surface area (Å²) in [7, 11) is -3.22. The standard InChI is InChI=1S/C21H25N3O5S/c1-30(27,28)23-10-8-17(9-11-23)22-20(25)18-13-15-5-2-3-6-16(15)14-24(18)21(26)19-7-4-12-29-19/h2-7,12,17-18H,8-11,13-14H2,1H3,(H,22,25). The van der Waals surface area contributed by atoms with Crippen LogP contribution in [0.5, 0.6) is 0 Å². The molecular formula is C21H25N3O5S. The largest absolute Gasteiger partial charge is 0.459 e. The van der Waals surface area contributed by atoms with Crippen molar-refractivity contribution in [3.8, 4) is 0 Å². The zero-order valence-corrected chi connectivity index (χ0v) is 17.6. The molecule has 0 spiro atoms. The van der Waals surface area contributed by atoms with Gasteiger partial charge in [-0.25, -0.2) is 12.7 Å². The second-order valence-corrected chi connectivity index (χ2v) is 9.83. The van der Waals surface area contributed by atoms with Gasteiger partial charge in [0.1, 0.15) is 6.04 Å². The number of benzene rings is 1. The van der Waals surface area contributed by atoms with Gasteiger partial charge in [0, 0.05) is 32.1 Å². The number of nitrogens with zero attached hydrogens (tertiary/aromatic N) is 2. The molecule has 2 aliphatic rings. The number of piperidine rings is 1. The fraction of sp³-hybridized carbons (Fsp3) is 0.429.